The van der Waals surface area contributed by atoms with Crippen molar-refractivity contribution < 1.29 is 18.3 Å². The van der Waals surface area contributed by atoms with E-state index in [-0.39, 0.29) is 20.7 Å². The van der Waals surface area contributed by atoms with Crippen LogP contribution >= 0.6 is 34.2 Å². The van der Waals surface area contributed by atoms with Crippen LogP contribution in [-0.2, 0) is 10.6 Å². The highest BCUT2D eigenvalue weighted by molar-refractivity contribution is 14.1. The molecule has 0 bridgehead atoms. The van der Waals surface area contributed by atoms with E-state index in [2.05, 4.69) is 9.72 Å². The fourth-order valence-electron chi connectivity index (χ4n) is 1.19. The average Bonchev–Trinajstić information content (AvgIpc) is 2.27. The summed E-state index contributed by atoms with van der Waals surface area (Å²) >= 11 is 7.22. The Morgan fingerprint density at radius 3 is 2.75 bits per heavy atom. The van der Waals surface area contributed by atoms with Crippen molar-refractivity contribution in [2.45, 2.75) is 12.3 Å². The first-order chi connectivity index (χ1) is 7.52. The first-order valence-electron chi connectivity index (χ1n) is 4.12. The van der Waals surface area contributed by atoms with Gasteiger partial charge in [-0.25, -0.2) is 18.6 Å². The van der Waals surface area contributed by atoms with Crippen molar-refractivity contribution >= 4 is 40.2 Å². The monoisotopic (exact) mass is 361 g/mol. The van der Waals surface area contributed by atoms with E-state index in [1.165, 1.54) is 6.20 Å². The van der Waals surface area contributed by atoms with Crippen molar-refractivity contribution in [2.75, 3.05) is 7.11 Å². The zero-order valence-corrected chi connectivity index (χ0v) is 11.1. The van der Waals surface area contributed by atoms with Crippen molar-refractivity contribution in [3.8, 4) is 0 Å². The molecular weight excluding hydrogens is 354 g/mol. The molecule has 1 rings (SSSR count). The molecule has 0 atom stereocenters. The molecule has 0 unspecified atom stereocenters. The number of pyridine rings is 1. The van der Waals surface area contributed by atoms with Gasteiger partial charge in [-0.15, -0.1) is 11.6 Å². The summed E-state index contributed by atoms with van der Waals surface area (Å²) in [5.41, 5.74) is -0.477. The number of halogens is 4. The molecule has 7 heteroatoms. The lowest BCUT2D eigenvalue weighted by Crippen LogP contribution is -2.12. The number of ether oxygens (including phenoxy) is 1. The molecule has 0 amide bonds. The molecule has 3 nitrogen and oxygen atoms in total. The standard InChI is InChI=1S/C9H7ClF2INO2/c1-16-9(15)6-5(7(11)12)4(2-10)3-14-8(6)13/h3,7H,2H2,1H3. The topological polar surface area (TPSA) is 39.2 Å². The fraction of sp³-hybridized carbons (Fsp3) is 0.333. The van der Waals surface area contributed by atoms with Crippen LogP contribution in [-0.4, -0.2) is 18.1 Å². The lowest BCUT2D eigenvalue weighted by Gasteiger charge is -2.12. The van der Waals surface area contributed by atoms with Crippen LogP contribution in [0.5, 0.6) is 0 Å². The molecule has 0 saturated heterocycles. The number of carbonyl (C=O) groups is 1. The summed E-state index contributed by atoms with van der Waals surface area (Å²) in [6.07, 6.45) is -1.55. The minimum atomic E-state index is -2.79. The number of alkyl halides is 3. The molecule has 0 aliphatic carbocycles. The Hall–Kier alpha value is -0.500. The molecule has 1 heterocycles. The van der Waals surface area contributed by atoms with Gasteiger partial charge >= 0.3 is 5.97 Å². The van der Waals surface area contributed by atoms with Gasteiger partial charge in [0, 0.05) is 17.6 Å². The second-order valence-electron chi connectivity index (χ2n) is 2.79. The van der Waals surface area contributed by atoms with Gasteiger partial charge in [0.25, 0.3) is 6.43 Å². The summed E-state index contributed by atoms with van der Waals surface area (Å²) < 4.78 is 30.3. The summed E-state index contributed by atoms with van der Waals surface area (Å²) in [4.78, 5) is 15.2. The number of hydrogen-bond donors (Lipinski definition) is 0. The molecule has 0 fully saturated rings. The molecule has 16 heavy (non-hydrogen) atoms. The summed E-state index contributed by atoms with van der Waals surface area (Å²) in [6, 6.07) is 0. The van der Waals surface area contributed by atoms with E-state index >= 15 is 0 Å². The van der Waals surface area contributed by atoms with Gasteiger partial charge in [-0.2, -0.15) is 0 Å². The average molecular weight is 362 g/mol. The van der Waals surface area contributed by atoms with Crippen LogP contribution in [0.2, 0.25) is 0 Å². The zero-order valence-electron chi connectivity index (χ0n) is 8.14. The van der Waals surface area contributed by atoms with Gasteiger partial charge in [0.2, 0.25) is 0 Å². The van der Waals surface area contributed by atoms with Gasteiger partial charge in [0.15, 0.2) is 0 Å². The van der Waals surface area contributed by atoms with Crippen molar-refractivity contribution in [1.29, 1.82) is 0 Å². The molecule has 88 valence electrons. The summed E-state index contributed by atoms with van der Waals surface area (Å²) in [6.45, 7) is 0. The van der Waals surface area contributed by atoms with Gasteiger partial charge in [-0.1, -0.05) is 0 Å². The molecule has 0 aliphatic heterocycles. The molecule has 0 spiro atoms. The second-order valence-corrected chi connectivity index (χ2v) is 4.08. The summed E-state index contributed by atoms with van der Waals surface area (Å²) in [5.74, 6) is -0.965. The highest BCUT2D eigenvalue weighted by Gasteiger charge is 2.25. The summed E-state index contributed by atoms with van der Waals surface area (Å²) in [7, 11) is 1.13. The summed E-state index contributed by atoms with van der Waals surface area (Å²) in [5, 5.41) is 0. The van der Waals surface area contributed by atoms with Crippen LogP contribution in [0, 0.1) is 3.70 Å². The Morgan fingerprint density at radius 1 is 1.69 bits per heavy atom. The van der Waals surface area contributed by atoms with E-state index in [0.29, 0.717) is 0 Å². The maximum absolute atomic E-state index is 12.9. The first kappa shape index (κ1) is 13.6. The van der Waals surface area contributed by atoms with Gasteiger partial charge < -0.3 is 4.74 Å². The Balaban J connectivity index is 3.48. The predicted molar refractivity (Wildman–Crippen MR) is 62.8 cm³/mol. The lowest BCUT2D eigenvalue weighted by molar-refractivity contribution is 0.0586. The molecule has 1 aromatic rings. The highest BCUT2D eigenvalue weighted by Crippen LogP contribution is 2.30. The normalized spacial score (nSPS) is 10.6. The number of carbonyl (C=O) groups excluding carboxylic acids is 1. The smallest absolute Gasteiger partial charge is 0.341 e. The number of rotatable bonds is 3. The van der Waals surface area contributed by atoms with Crippen LogP contribution in [0.15, 0.2) is 6.20 Å². The highest BCUT2D eigenvalue weighted by atomic mass is 127. The van der Waals surface area contributed by atoms with E-state index in [0.717, 1.165) is 7.11 Å². The van der Waals surface area contributed by atoms with Crippen LogP contribution in [0.1, 0.15) is 27.9 Å². The lowest BCUT2D eigenvalue weighted by atomic mass is 10.1. The molecule has 0 N–H and O–H groups in total. The maximum Gasteiger partial charge on any atom is 0.341 e. The molecule has 0 aliphatic rings. The zero-order chi connectivity index (χ0) is 12.3. The van der Waals surface area contributed by atoms with Crippen molar-refractivity contribution in [1.82, 2.24) is 4.98 Å². The molecule has 0 radical (unpaired) electrons. The third-order valence-corrected chi connectivity index (χ3v) is 3.01. The molecule has 0 aromatic carbocycles. The van der Waals surface area contributed by atoms with Crippen molar-refractivity contribution in [3.05, 3.63) is 26.6 Å². The SMILES string of the molecule is COC(=O)c1c(I)ncc(CCl)c1C(F)F. The quantitative estimate of drug-likeness (QED) is 0.359. The molecular formula is C9H7ClF2INO2. The van der Waals surface area contributed by atoms with Crippen molar-refractivity contribution in [3.63, 3.8) is 0 Å². The molecule has 1 aromatic heterocycles. The Bertz CT molecular complexity index is 415. The van der Waals surface area contributed by atoms with Crippen LogP contribution < -0.4 is 0 Å². The fourth-order valence-corrected chi connectivity index (χ4v) is 2.06. The number of aromatic nitrogens is 1. The Morgan fingerprint density at radius 2 is 2.31 bits per heavy atom. The van der Waals surface area contributed by atoms with Crippen LogP contribution in [0.3, 0.4) is 0 Å². The first-order valence-corrected chi connectivity index (χ1v) is 5.74. The largest absolute Gasteiger partial charge is 0.465 e. The maximum atomic E-state index is 12.9. The number of methoxy groups -OCH3 is 1. The van der Waals surface area contributed by atoms with E-state index in [9.17, 15) is 13.6 Å². The minimum absolute atomic E-state index is 0.131. The minimum Gasteiger partial charge on any atom is -0.465 e. The van der Waals surface area contributed by atoms with Crippen LogP contribution in [0.4, 0.5) is 8.78 Å². The Kier molecular flexibility index (Phi) is 4.85. The van der Waals surface area contributed by atoms with Crippen molar-refractivity contribution in [2.24, 2.45) is 0 Å². The third kappa shape index (κ3) is 2.60. The van der Waals surface area contributed by atoms with Gasteiger partial charge in [0.05, 0.1) is 7.11 Å². The van der Waals surface area contributed by atoms with Gasteiger partial charge in [-0.3, -0.25) is 0 Å². The van der Waals surface area contributed by atoms with Gasteiger partial charge in [-0.05, 0) is 28.2 Å². The van der Waals surface area contributed by atoms with Gasteiger partial charge in [0.1, 0.15) is 9.26 Å². The van der Waals surface area contributed by atoms with E-state index < -0.39 is 18.0 Å². The number of hydrogen-bond acceptors (Lipinski definition) is 3. The van der Waals surface area contributed by atoms with E-state index in [1.807, 2.05) is 0 Å². The van der Waals surface area contributed by atoms with E-state index in [4.69, 9.17) is 11.6 Å². The van der Waals surface area contributed by atoms with E-state index in [1.54, 1.807) is 22.6 Å². The third-order valence-electron chi connectivity index (χ3n) is 1.91. The Labute approximate surface area is 109 Å². The second kappa shape index (κ2) is 5.72. The number of esters is 1. The molecule has 0 saturated carbocycles. The van der Waals surface area contributed by atoms with Crippen LogP contribution in [0.25, 0.3) is 0 Å². The number of nitrogens with zero attached hydrogens (tertiary/aromatic N) is 1. The predicted octanol–water partition coefficient (Wildman–Crippen LogP) is 3.15.